The number of hydrogen-bond donors (Lipinski definition) is 3. The van der Waals surface area contributed by atoms with Gasteiger partial charge in [0.1, 0.15) is 0 Å². The first kappa shape index (κ1) is 22.4. The van der Waals surface area contributed by atoms with Gasteiger partial charge in [-0.1, -0.05) is 37.6 Å². The van der Waals surface area contributed by atoms with Gasteiger partial charge >= 0.3 is 0 Å². The number of hydrogen-bond acceptors (Lipinski definition) is 5. The number of H-pyrrole nitrogens is 2. The maximum Gasteiger partial charge on any atom is 0.181 e. The number of allylic oxidation sites excluding steroid dienone is 1. The van der Waals surface area contributed by atoms with Crippen LogP contribution in [-0.4, -0.2) is 30.1 Å². The maximum atomic E-state index is 4.64. The number of nitrogens with one attached hydrogen (secondary N) is 3. The molecular formula is C31H27N7. The van der Waals surface area contributed by atoms with Crippen molar-refractivity contribution in [2.24, 2.45) is 5.92 Å². The van der Waals surface area contributed by atoms with Crippen molar-refractivity contribution in [3.8, 4) is 33.8 Å². The average molecular weight is 498 g/mol. The maximum absolute atomic E-state index is 4.64. The third-order valence-corrected chi connectivity index (χ3v) is 7.51. The van der Waals surface area contributed by atoms with E-state index in [1.807, 2.05) is 49.1 Å². The van der Waals surface area contributed by atoms with E-state index >= 15 is 0 Å². The first-order chi connectivity index (χ1) is 18.7. The van der Waals surface area contributed by atoms with Gasteiger partial charge in [-0.25, -0.2) is 4.98 Å². The minimum absolute atomic E-state index is 0.541. The molecule has 1 fully saturated rings. The molecule has 1 aliphatic carbocycles. The van der Waals surface area contributed by atoms with E-state index in [4.69, 9.17) is 0 Å². The molecule has 7 nitrogen and oxygen atoms in total. The Hall–Kier alpha value is -4.78. The number of rotatable bonds is 6. The van der Waals surface area contributed by atoms with Crippen LogP contribution >= 0.6 is 0 Å². The van der Waals surface area contributed by atoms with Gasteiger partial charge in [-0.05, 0) is 55.2 Å². The third-order valence-electron chi connectivity index (χ3n) is 7.51. The lowest BCUT2D eigenvalue weighted by Gasteiger charge is -2.15. The first-order valence-corrected chi connectivity index (χ1v) is 13.0. The van der Waals surface area contributed by atoms with Gasteiger partial charge in [0.05, 0.1) is 29.0 Å². The monoisotopic (exact) mass is 497 g/mol. The number of nitrogens with zero attached hydrogens (tertiary/aromatic N) is 4. The fraction of sp³-hybridized carbons (Fsp3) is 0.161. The van der Waals surface area contributed by atoms with Crippen molar-refractivity contribution in [2.45, 2.75) is 25.7 Å². The molecule has 0 aliphatic heterocycles. The lowest BCUT2D eigenvalue weighted by molar-refractivity contribution is 0.649. The molecule has 0 spiro atoms. The van der Waals surface area contributed by atoms with Crippen LogP contribution in [0.25, 0.3) is 55.7 Å². The van der Waals surface area contributed by atoms with E-state index < -0.39 is 0 Å². The Kier molecular flexibility index (Phi) is 5.47. The van der Waals surface area contributed by atoms with E-state index in [1.165, 1.54) is 25.7 Å². The predicted molar refractivity (Wildman–Crippen MR) is 152 cm³/mol. The van der Waals surface area contributed by atoms with Gasteiger partial charge in [0.25, 0.3) is 0 Å². The van der Waals surface area contributed by atoms with E-state index in [9.17, 15) is 0 Å². The van der Waals surface area contributed by atoms with Gasteiger partial charge in [-0.3, -0.25) is 15.1 Å². The van der Waals surface area contributed by atoms with Crippen molar-refractivity contribution < 1.29 is 0 Å². The zero-order valence-corrected chi connectivity index (χ0v) is 20.9. The molecule has 1 saturated carbocycles. The molecule has 6 aromatic rings. The van der Waals surface area contributed by atoms with Crippen LogP contribution < -0.4 is 5.32 Å². The van der Waals surface area contributed by atoms with Crippen LogP contribution in [0.4, 0.5) is 5.69 Å². The molecule has 1 aliphatic rings. The fourth-order valence-corrected chi connectivity index (χ4v) is 5.53. The van der Waals surface area contributed by atoms with Crippen LogP contribution in [-0.2, 0) is 0 Å². The number of benzene rings is 1. The second-order valence-corrected chi connectivity index (χ2v) is 9.95. The summed E-state index contributed by atoms with van der Waals surface area (Å²) in [6, 6.07) is 18.6. The summed E-state index contributed by atoms with van der Waals surface area (Å²) in [5.74, 6) is 0.541. The lowest BCUT2D eigenvalue weighted by atomic mass is 10.0. The fourth-order valence-electron chi connectivity index (χ4n) is 5.53. The number of pyridine rings is 3. The van der Waals surface area contributed by atoms with Crippen molar-refractivity contribution in [1.29, 1.82) is 0 Å². The van der Waals surface area contributed by atoms with E-state index in [1.54, 1.807) is 0 Å². The van der Waals surface area contributed by atoms with Crippen molar-refractivity contribution in [3.05, 3.63) is 91.7 Å². The molecule has 1 aromatic carbocycles. The summed E-state index contributed by atoms with van der Waals surface area (Å²) < 4.78 is 0. The van der Waals surface area contributed by atoms with Gasteiger partial charge in [0.15, 0.2) is 5.65 Å². The minimum atomic E-state index is 0.541. The van der Waals surface area contributed by atoms with E-state index in [0.29, 0.717) is 11.6 Å². The lowest BCUT2D eigenvalue weighted by Crippen LogP contribution is -2.07. The Morgan fingerprint density at radius 3 is 2.66 bits per heavy atom. The van der Waals surface area contributed by atoms with Crippen LogP contribution in [0.1, 0.15) is 25.7 Å². The smallest absolute Gasteiger partial charge is 0.181 e. The number of fused-ring (bicyclic) bond motifs is 2. The highest BCUT2D eigenvalue weighted by Crippen LogP contribution is 2.35. The second kappa shape index (κ2) is 9.27. The number of aromatic nitrogens is 6. The molecule has 7 rings (SSSR count). The molecule has 0 amide bonds. The third kappa shape index (κ3) is 4.02. The van der Waals surface area contributed by atoms with Crippen LogP contribution in [0, 0.1) is 5.92 Å². The highest BCUT2D eigenvalue weighted by Gasteiger charge is 2.19. The molecule has 38 heavy (non-hydrogen) atoms. The SMILES string of the molecule is C=C(Nc1cncc(-c2cnc3n[nH]c(-c4cc5c(-c6ccccn6)cccc5[nH]4)c3c2)c1)C1CCCC1. The molecule has 0 saturated heterocycles. The zero-order chi connectivity index (χ0) is 25.5. The summed E-state index contributed by atoms with van der Waals surface area (Å²) in [7, 11) is 0. The van der Waals surface area contributed by atoms with Gasteiger partial charge in [0.2, 0.25) is 0 Å². The van der Waals surface area contributed by atoms with Crippen LogP contribution in [0.15, 0.2) is 91.7 Å². The van der Waals surface area contributed by atoms with Gasteiger partial charge in [0, 0.05) is 57.3 Å². The first-order valence-electron chi connectivity index (χ1n) is 13.0. The van der Waals surface area contributed by atoms with Gasteiger partial charge < -0.3 is 10.3 Å². The highest BCUT2D eigenvalue weighted by molar-refractivity contribution is 6.00. The molecule has 0 bridgehead atoms. The quantitative estimate of drug-likeness (QED) is 0.224. The normalized spacial score (nSPS) is 13.9. The van der Waals surface area contributed by atoms with Crippen LogP contribution in [0.2, 0.25) is 0 Å². The highest BCUT2D eigenvalue weighted by atomic mass is 15.2. The Labute approximate surface area is 220 Å². The summed E-state index contributed by atoms with van der Waals surface area (Å²) in [6.45, 7) is 4.29. The second-order valence-electron chi connectivity index (χ2n) is 9.95. The molecule has 3 N–H and O–H groups in total. The topological polar surface area (TPSA) is 95.2 Å². The average Bonchev–Trinajstić information content (AvgIpc) is 3.73. The van der Waals surface area contributed by atoms with E-state index in [2.05, 4.69) is 72.4 Å². The Morgan fingerprint density at radius 1 is 0.895 bits per heavy atom. The zero-order valence-electron chi connectivity index (χ0n) is 20.9. The molecule has 5 aromatic heterocycles. The molecule has 0 atom stereocenters. The summed E-state index contributed by atoms with van der Waals surface area (Å²) >= 11 is 0. The van der Waals surface area contributed by atoms with E-state index in [-0.39, 0.29) is 0 Å². The molecule has 186 valence electrons. The van der Waals surface area contributed by atoms with Crippen molar-refractivity contribution >= 4 is 27.6 Å². The van der Waals surface area contributed by atoms with Crippen molar-refractivity contribution in [1.82, 2.24) is 30.1 Å². The largest absolute Gasteiger partial charge is 0.358 e. The standard InChI is InChI=1S/C31H27N7/c1-19(20-7-2-3-8-20)35-23-13-21(16-32-18-23)22-14-26-30(37-38-31(26)34-17-22)29-15-25-24(9-6-11-28(25)36-29)27-10-4-5-12-33-27/h4-6,9-18,20,35-36H,1-3,7-8H2,(H,34,37,38). The van der Waals surface area contributed by atoms with Gasteiger partial charge in [-0.15, -0.1) is 0 Å². The number of aromatic amines is 2. The summed E-state index contributed by atoms with van der Waals surface area (Å²) in [5.41, 5.74) is 9.59. The Balaban J connectivity index is 1.25. The number of anilines is 1. The van der Waals surface area contributed by atoms with Gasteiger partial charge in [-0.2, -0.15) is 5.10 Å². The predicted octanol–water partition coefficient (Wildman–Crippen LogP) is 7.35. The Bertz CT molecular complexity index is 1770. The summed E-state index contributed by atoms with van der Waals surface area (Å²) in [4.78, 5) is 17.2. The van der Waals surface area contributed by atoms with E-state index in [0.717, 1.165) is 61.4 Å². The molecule has 7 heteroatoms. The minimum Gasteiger partial charge on any atom is -0.358 e. The summed E-state index contributed by atoms with van der Waals surface area (Å²) in [5, 5.41) is 13.2. The van der Waals surface area contributed by atoms with Crippen molar-refractivity contribution in [3.63, 3.8) is 0 Å². The van der Waals surface area contributed by atoms with Crippen LogP contribution in [0.3, 0.4) is 0 Å². The van der Waals surface area contributed by atoms with Crippen LogP contribution in [0.5, 0.6) is 0 Å². The Morgan fingerprint density at radius 2 is 1.79 bits per heavy atom. The summed E-state index contributed by atoms with van der Waals surface area (Å²) in [6.07, 6.45) is 12.4. The molecular weight excluding hydrogens is 470 g/mol. The molecule has 0 unspecified atom stereocenters. The molecule has 5 heterocycles. The molecule has 0 radical (unpaired) electrons. The van der Waals surface area contributed by atoms with Crippen molar-refractivity contribution in [2.75, 3.05) is 5.32 Å².